The number of aromatic nitrogens is 4. The van der Waals surface area contributed by atoms with Crippen LogP contribution in [-0.4, -0.2) is 19.4 Å². The molecule has 0 aliphatic heterocycles. The summed E-state index contributed by atoms with van der Waals surface area (Å²) in [5.74, 6) is 0.658. The van der Waals surface area contributed by atoms with Crippen LogP contribution in [0.2, 0.25) is 0 Å². The van der Waals surface area contributed by atoms with Crippen molar-refractivity contribution in [1.29, 1.82) is 0 Å². The Bertz CT molecular complexity index is 743. The van der Waals surface area contributed by atoms with E-state index >= 15 is 0 Å². The number of hydrogen-bond acceptors (Lipinski definition) is 3. The van der Waals surface area contributed by atoms with Crippen molar-refractivity contribution in [1.82, 2.24) is 19.4 Å². The first-order chi connectivity index (χ1) is 8.75. The first kappa shape index (κ1) is 10.7. The van der Waals surface area contributed by atoms with Gasteiger partial charge in [0.15, 0.2) is 5.65 Å². The maximum Gasteiger partial charge on any atom is 0.333 e. The Balaban J connectivity index is 2.14. The molecule has 0 fully saturated rings. The summed E-state index contributed by atoms with van der Waals surface area (Å²) in [4.78, 5) is 22.9. The average Bonchev–Trinajstić information content (AvgIpc) is 2.69. The monoisotopic (exact) mass is 240 g/mol. The predicted octanol–water partition coefficient (Wildman–Crippen LogP) is 1.32. The summed E-state index contributed by atoms with van der Waals surface area (Å²) in [6.45, 7) is 1.80. The van der Waals surface area contributed by atoms with Crippen molar-refractivity contribution in [3.05, 3.63) is 64.2 Å². The molecule has 2 aromatic heterocycles. The lowest BCUT2D eigenvalue weighted by Gasteiger charge is -1.98. The Hall–Kier alpha value is -2.43. The number of nitrogens with one attached hydrogen (secondary N) is 1. The number of rotatable bonds is 2. The smallest absolute Gasteiger partial charge is 0.298 e. The largest absolute Gasteiger partial charge is 0.333 e. The molecule has 3 rings (SSSR count). The molecule has 0 aliphatic rings. The molecule has 2 heterocycles. The van der Waals surface area contributed by atoms with Crippen molar-refractivity contribution in [2.45, 2.75) is 13.3 Å². The Morgan fingerprint density at radius 2 is 2.06 bits per heavy atom. The van der Waals surface area contributed by atoms with Crippen molar-refractivity contribution < 1.29 is 0 Å². The fourth-order valence-electron chi connectivity index (χ4n) is 2.07. The van der Waals surface area contributed by atoms with E-state index in [1.165, 1.54) is 10.7 Å². The number of aromatic amines is 1. The molecule has 1 aromatic carbocycles. The second-order valence-corrected chi connectivity index (χ2v) is 4.13. The minimum Gasteiger partial charge on any atom is -0.298 e. The zero-order valence-corrected chi connectivity index (χ0v) is 9.92. The second-order valence-electron chi connectivity index (χ2n) is 4.13. The van der Waals surface area contributed by atoms with Gasteiger partial charge in [-0.1, -0.05) is 30.3 Å². The van der Waals surface area contributed by atoms with Crippen LogP contribution in [-0.2, 0) is 6.42 Å². The molecule has 0 atom stereocenters. The highest BCUT2D eigenvalue weighted by atomic mass is 16.1. The van der Waals surface area contributed by atoms with E-state index in [1.807, 2.05) is 30.3 Å². The lowest BCUT2D eigenvalue weighted by molar-refractivity contribution is 0.908. The third-order valence-corrected chi connectivity index (χ3v) is 2.88. The van der Waals surface area contributed by atoms with E-state index in [0.29, 0.717) is 17.9 Å². The van der Waals surface area contributed by atoms with E-state index in [4.69, 9.17) is 0 Å². The predicted molar refractivity (Wildman–Crippen MR) is 67.6 cm³/mol. The van der Waals surface area contributed by atoms with Crippen LogP contribution in [0.5, 0.6) is 0 Å². The van der Waals surface area contributed by atoms with Gasteiger partial charge >= 0.3 is 5.69 Å². The lowest BCUT2D eigenvalue weighted by atomic mass is 10.1. The normalized spacial score (nSPS) is 10.9. The molecule has 5 nitrogen and oxygen atoms in total. The van der Waals surface area contributed by atoms with Crippen molar-refractivity contribution >= 4 is 5.65 Å². The van der Waals surface area contributed by atoms with Crippen LogP contribution < -0.4 is 5.69 Å². The molecule has 0 spiro atoms. The molecule has 0 saturated heterocycles. The number of aryl methyl sites for hydroxylation is 1. The Kier molecular flexibility index (Phi) is 2.44. The number of hydrogen-bond donors (Lipinski definition) is 1. The third-order valence-electron chi connectivity index (χ3n) is 2.88. The maximum absolute atomic E-state index is 11.7. The molecule has 3 aromatic rings. The highest BCUT2D eigenvalue weighted by Crippen LogP contribution is 2.12. The van der Waals surface area contributed by atoms with Gasteiger partial charge in [-0.3, -0.25) is 4.98 Å². The summed E-state index contributed by atoms with van der Waals surface area (Å²) in [6, 6.07) is 10.0. The number of imidazole rings is 1. The van der Waals surface area contributed by atoms with Crippen LogP contribution >= 0.6 is 0 Å². The van der Waals surface area contributed by atoms with E-state index in [0.717, 1.165) is 11.3 Å². The van der Waals surface area contributed by atoms with E-state index in [2.05, 4.69) is 15.0 Å². The summed E-state index contributed by atoms with van der Waals surface area (Å²) in [5, 5.41) is 0. The van der Waals surface area contributed by atoms with E-state index in [9.17, 15) is 4.79 Å². The molecule has 18 heavy (non-hydrogen) atoms. The topological polar surface area (TPSA) is 63.0 Å². The Morgan fingerprint density at radius 1 is 1.28 bits per heavy atom. The zero-order valence-electron chi connectivity index (χ0n) is 9.92. The van der Waals surface area contributed by atoms with E-state index < -0.39 is 0 Å². The van der Waals surface area contributed by atoms with E-state index in [1.54, 1.807) is 6.92 Å². The summed E-state index contributed by atoms with van der Waals surface area (Å²) < 4.78 is 1.50. The van der Waals surface area contributed by atoms with E-state index in [-0.39, 0.29) is 5.69 Å². The van der Waals surface area contributed by atoms with Gasteiger partial charge in [0.25, 0.3) is 0 Å². The minimum atomic E-state index is -0.204. The highest BCUT2D eigenvalue weighted by molar-refractivity contribution is 5.46. The molecule has 0 saturated carbocycles. The van der Waals surface area contributed by atoms with Gasteiger partial charge in [-0.2, -0.15) is 0 Å². The van der Waals surface area contributed by atoms with Gasteiger partial charge in [0, 0.05) is 6.42 Å². The third kappa shape index (κ3) is 1.69. The number of fused-ring (bicyclic) bond motifs is 1. The molecule has 0 radical (unpaired) electrons. The molecule has 90 valence electrons. The van der Waals surface area contributed by atoms with Crippen molar-refractivity contribution in [3.63, 3.8) is 0 Å². The molecule has 0 amide bonds. The zero-order chi connectivity index (χ0) is 12.5. The van der Waals surface area contributed by atoms with Crippen LogP contribution in [0.25, 0.3) is 5.65 Å². The van der Waals surface area contributed by atoms with Crippen LogP contribution in [0, 0.1) is 6.92 Å². The number of nitrogens with zero attached hydrogens (tertiary/aromatic N) is 3. The molecule has 5 heteroatoms. The molecule has 0 bridgehead atoms. The number of H-pyrrole nitrogens is 1. The fourth-order valence-corrected chi connectivity index (χ4v) is 2.07. The lowest BCUT2D eigenvalue weighted by Crippen LogP contribution is -2.17. The maximum atomic E-state index is 11.7. The van der Waals surface area contributed by atoms with Crippen molar-refractivity contribution in [3.8, 4) is 0 Å². The fraction of sp³-hybridized carbons (Fsp3) is 0.154. The van der Waals surface area contributed by atoms with Gasteiger partial charge in [0.2, 0.25) is 0 Å². The summed E-state index contributed by atoms with van der Waals surface area (Å²) in [5.41, 5.74) is 2.40. The minimum absolute atomic E-state index is 0.204. The summed E-state index contributed by atoms with van der Waals surface area (Å²) in [6.07, 6.45) is 2.09. The SMILES string of the molecule is Cc1nc(Cc2ccccc2)c2nc[nH]c(=O)n12. The van der Waals surface area contributed by atoms with Gasteiger partial charge in [0.05, 0.1) is 12.0 Å². The quantitative estimate of drug-likeness (QED) is 0.734. The molecule has 0 unspecified atom stereocenters. The average molecular weight is 240 g/mol. The van der Waals surface area contributed by atoms with Crippen LogP contribution in [0.3, 0.4) is 0 Å². The van der Waals surface area contributed by atoms with Gasteiger partial charge in [-0.05, 0) is 12.5 Å². The van der Waals surface area contributed by atoms with Gasteiger partial charge < -0.3 is 0 Å². The van der Waals surface area contributed by atoms with Gasteiger partial charge in [-0.15, -0.1) is 0 Å². The van der Waals surface area contributed by atoms with Gasteiger partial charge in [0.1, 0.15) is 5.82 Å². The van der Waals surface area contributed by atoms with Gasteiger partial charge in [-0.25, -0.2) is 19.2 Å². The number of benzene rings is 1. The molecular formula is C13H12N4O. The molecular weight excluding hydrogens is 228 g/mol. The highest BCUT2D eigenvalue weighted by Gasteiger charge is 2.11. The molecule has 1 N–H and O–H groups in total. The standard InChI is InChI=1S/C13H12N4O/c1-9-16-11(7-10-5-3-2-4-6-10)12-14-8-15-13(18)17(9)12/h2-6,8H,7H2,1H3,(H,14,15,18). The van der Waals surface area contributed by atoms with Crippen molar-refractivity contribution in [2.75, 3.05) is 0 Å². The second kappa shape index (κ2) is 4.10. The first-order valence-electron chi connectivity index (χ1n) is 5.71. The molecule has 0 aliphatic carbocycles. The summed E-state index contributed by atoms with van der Waals surface area (Å²) in [7, 11) is 0. The van der Waals surface area contributed by atoms with Crippen LogP contribution in [0.4, 0.5) is 0 Å². The Labute approximate surface area is 103 Å². The van der Waals surface area contributed by atoms with Crippen LogP contribution in [0.1, 0.15) is 17.1 Å². The first-order valence-corrected chi connectivity index (χ1v) is 5.71. The Morgan fingerprint density at radius 3 is 2.83 bits per heavy atom. The van der Waals surface area contributed by atoms with Crippen LogP contribution in [0.15, 0.2) is 41.5 Å². The van der Waals surface area contributed by atoms with Crippen molar-refractivity contribution in [2.24, 2.45) is 0 Å². The summed E-state index contributed by atoms with van der Waals surface area (Å²) >= 11 is 0.